The number of carbonyl (C=O) groups is 1. The minimum absolute atomic E-state index is 0.0640. The zero-order chi connectivity index (χ0) is 17.4. The molecule has 1 atom stereocenters. The SMILES string of the molecule is CC[C@H]1Cn2c(C(=O)NCc3ccc(F)cc3)cc3cccc(c32)O1. The standard InChI is InChI=1S/C20H19FN2O2/c1-2-16-12-23-17(10-14-4-3-5-18(25-16)19(14)23)20(24)22-11-13-6-8-15(21)9-7-13/h3-10,16H,2,11-12H2,1H3,(H,22,24)/t16-/m0/s1. The largest absolute Gasteiger partial charge is 0.486 e. The molecule has 25 heavy (non-hydrogen) atoms. The highest BCUT2D eigenvalue weighted by Crippen LogP contribution is 2.34. The second-order valence-corrected chi connectivity index (χ2v) is 6.29. The fourth-order valence-electron chi connectivity index (χ4n) is 3.27. The summed E-state index contributed by atoms with van der Waals surface area (Å²) >= 11 is 0. The zero-order valence-electron chi connectivity index (χ0n) is 14.0. The number of nitrogens with one attached hydrogen (secondary N) is 1. The number of aromatic nitrogens is 1. The molecule has 2 heterocycles. The van der Waals surface area contributed by atoms with E-state index >= 15 is 0 Å². The van der Waals surface area contributed by atoms with Crippen LogP contribution in [0.25, 0.3) is 10.9 Å². The lowest BCUT2D eigenvalue weighted by Gasteiger charge is -2.26. The summed E-state index contributed by atoms with van der Waals surface area (Å²) in [5.41, 5.74) is 2.46. The van der Waals surface area contributed by atoms with Crippen LogP contribution in [0.3, 0.4) is 0 Å². The van der Waals surface area contributed by atoms with E-state index in [-0.39, 0.29) is 17.8 Å². The average Bonchev–Trinajstić information content (AvgIpc) is 3.01. The van der Waals surface area contributed by atoms with E-state index in [0.29, 0.717) is 18.8 Å². The van der Waals surface area contributed by atoms with Gasteiger partial charge in [0, 0.05) is 11.9 Å². The maximum atomic E-state index is 13.0. The van der Waals surface area contributed by atoms with Crippen molar-refractivity contribution in [1.29, 1.82) is 0 Å². The van der Waals surface area contributed by atoms with Crippen molar-refractivity contribution in [1.82, 2.24) is 9.88 Å². The monoisotopic (exact) mass is 338 g/mol. The number of nitrogens with zero attached hydrogens (tertiary/aromatic N) is 1. The van der Waals surface area contributed by atoms with Gasteiger partial charge in [0.25, 0.3) is 5.91 Å². The van der Waals surface area contributed by atoms with Crippen LogP contribution in [0.4, 0.5) is 4.39 Å². The Kier molecular flexibility index (Phi) is 3.92. The smallest absolute Gasteiger partial charge is 0.268 e. The molecule has 1 aliphatic heterocycles. The molecule has 0 fully saturated rings. The fraction of sp³-hybridized carbons (Fsp3) is 0.250. The van der Waals surface area contributed by atoms with Crippen LogP contribution in [-0.2, 0) is 13.1 Å². The summed E-state index contributed by atoms with van der Waals surface area (Å²) in [6.45, 7) is 3.10. The Labute approximate surface area is 145 Å². The number of hydrogen-bond acceptors (Lipinski definition) is 2. The molecule has 5 heteroatoms. The minimum atomic E-state index is -0.282. The van der Waals surface area contributed by atoms with E-state index in [0.717, 1.165) is 28.6 Å². The molecule has 0 radical (unpaired) electrons. The van der Waals surface area contributed by atoms with Crippen molar-refractivity contribution in [2.24, 2.45) is 0 Å². The maximum absolute atomic E-state index is 13.0. The summed E-state index contributed by atoms with van der Waals surface area (Å²) in [5, 5.41) is 3.92. The summed E-state index contributed by atoms with van der Waals surface area (Å²) in [6.07, 6.45) is 0.944. The van der Waals surface area contributed by atoms with Gasteiger partial charge >= 0.3 is 0 Å². The molecule has 4 nitrogen and oxygen atoms in total. The van der Waals surface area contributed by atoms with Gasteiger partial charge in [-0.1, -0.05) is 31.2 Å². The number of ether oxygens (including phenoxy) is 1. The zero-order valence-corrected chi connectivity index (χ0v) is 14.0. The fourth-order valence-corrected chi connectivity index (χ4v) is 3.27. The first-order chi connectivity index (χ1) is 12.2. The van der Waals surface area contributed by atoms with Gasteiger partial charge in [-0.05, 0) is 36.2 Å². The lowest BCUT2D eigenvalue weighted by atomic mass is 10.2. The molecule has 1 amide bonds. The summed E-state index contributed by atoms with van der Waals surface area (Å²) in [7, 11) is 0. The quantitative estimate of drug-likeness (QED) is 0.784. The highest BCUT2D eigenvalue weighted by molar-refractivity contribution is 6.00. The first-order valence-corrected chi connectivity index (χ1v) is 8.47. The summed E-state index contributed by atoms with van der Waals surface area (Å²) in [6, 6.07) is 13.9. The van der Waals surface area contributed by atoms with Crippen LogP contribution < -0.4 is 10.1 Å². The summed E-state index contributed by atoms with van der Waals surface area (Å²) in [4.78, 5) is 12.7. The van der Waals surface area contributed by atoms with E-state index in [1.54, 1.807) is 12.1 Å². The lowest BCUT2D eigenvalue weighted by Crippen LogP contribution is -2.31. The normalized spacial score (nSPS) is 15.8. The van der Waals surface area contributed by atoms with Crippen LogP contribution in [-0.4, -0.2) is 16.6 Å². The number of para-hydroxylation sites is 1. The van der Waals surface area contributed by atoms with Crippen molar-refractivity contribution < 1.29 is 13.9 Å². The molecule has 2 aromatic carbocycles. The molecule has 1 N–H and O–H groups in total. The third-order valence-electron chi connectivity index (χ3n) is 4.62. The molecule has 3 aromatic rings. The first-order valence-electron chi connectivity index (χ1n) is 8.47. The molecular weight excluding hydrogens is 319 g/mol. The number of hydrogen-bond donors (Lipinski definition) is 1. The van der Waals surface area contributed by atoms with Crippen molar-refractivity contribution in [3.63, 3.8) is 0 Å². The number of amides is 1. The Morgan fingerprint density at radius 1 is 1.28 bits per heavy atom. The minimum Gasteiger partial charge on any atom is -0.486 e. The Morgan fingerprint density at radius 3 is 2.84 bits per heavy atom. The molecule has 0 unspecified atom stereocenters. The van der Waals surface area contributed by atoms with Crippen LogP contribution in [0.2, 0.25) is 0 Å². The van der Waals surface area contributed by atoms with Crippen molar-refractivity contribution in [2.75, 3.05) is 0 Å². The molecule has 0 saturated heterocycles. The Morgan fingerprint density at radius 2 is 2.08 bits per heavy atom. The third kappa shape index (κ3) is 2.86. The Bertz CT molecular complexity index is 931. The predicted octanol–water partition coefficient (Wildman–Crippen LogP) is 3.88. The van der Waals surface area contributed by atoms with E-state index in [2.05, 4.69) is 12.2 Å². The van der Waals surface area contributed by atoms with Crippen LogP contribution in [0, 0.1) is 5.82 Å². The van der Waals surface area contributed by atoms with Gasteiger partial charge < -0.3 is 14.6 Å². The maximum Gasteiger partial charge on any atom is 0.268 e. The van der Waals surface area contributed by atoms with Gasteiger partial charge in [-0.25, -0.2) is 4.39 Å². The summed E-state index contributed by atoms with van der Waals surface area (Å²) in [5.74, 6) is 0.409. The molecule has 0 aliphatic carbocycles. The molecule has 1 aliphatic rings. The molecule has 128 valence electrons. The van der Waals surface area contributed by atoms with Gasteiger partial charge in [0.2, 0.25) is 0 Å². The van der Waals surface area contributed by atoms with Crippen molar-refractivity contribution in [3.8, 4) is 5.75 Å². The summed E-state index contributed by atoms with van der Waals surface area (Å²) < 4.78 is 21.0. The average molecular weight is 338 g/mol. The molecule has 1 aromatic heterocycles. The second-order valence-electron chi connectivity index (χ2n) is 6.29. The van der Waals surface area contributed by atoms with Crippen molar-refractivity contribution in [2.45, 2.75) is 32.5 Å². The van der Waals surface area contributed by atoms with Crippen LogP contribution in [0.15, 0.2) is 48.5 Å². The molecular formula is C20H19FN2O2. The van der Waals surface area contributed by atoms with E-state index in [4.69, 9.17) is 4.74 Å². The predicted molar refractivity (Wildman–Crippen MR) is 94.2 cm³/mol. The third-order valence-corrected chi connectivity index (χ3v) is 4.62. The molecule has 0 saturated carbocycles. The highest BCUT2D eigenvalue weighted by atomic mass is 19.1. The lowest BCUT2D eigenvalue weighted by molar-refractivity contribution is 0.0935. The molecule has 0 bridgehead atoms. The van der Waals surface area contributed by atoms with E-state index in [1.807, 2.05) is 28.8 Å². The van der Waals surface area contributed by atoms with Crippen LogP contribution in [0.1, 0.15) is 29.4 Å². The first kappa shape index (κ1) is 15.7. The van der Waals surface area contributed by atoms with Crippen molar-refractivity contribution in [3.05, 3.63) is 65.6 Å². The number of rotatable bonds is 4. The van der Waals surface area contributed by atoms with Crippen molar-refractivity contribution >= 4 is 16.8 Å². The van der Waals surface area contributed by atoms with Gasteiger partial charge in [-0.2, -0.15) is 0 Å². The van der Waals surface area contributed by atoms with Gasteiger partial charge in [-0.15, -0.1) is 0 Å². The topological polar surface area (TPSA) is 43.3 Å². The van der Waals surface area contributed by atoms with Crippen LogP contribution in [0.5, 0.6) is 5.75 Å². The molecule has 4 rings (SSSR count). The Hall–Kier alpha value is -2.82. The second kappa shape index (κ2) is 6.24. The van der Waals surface area contributed by atoms with Crippen LogP contribution >= 0.6 is 0 Å². The van der Waals surface area contributed by atoms with E-state index < -0.39 is 0 Å². The number of carbonyl (C=O) groups excluding carboxylic acids is 1. The van der Waals surface area contributed by atoms with Gasteiger partial charge in [0.15, 0.2) is 0 Å². The highest BCUT2D eigenvalue weighted by Gasteiger charge is 2.25. The number of halogens is 1. The van der Waals surface area contributed by atoms with Gasteiger partial charge in [0.05, 0.1) is 12.1 Å². The van der Waals surface area contributed by atoms with Gasteiger partial charge in [-0.3, -0.25) is 4.79 Å². The number of benzene rings is 2. The van der Waals surface area contributed by atoms with Gasteiger partial charge in [0.1, 0.15) is 23.4 Å². The molecule has 0 spiro atoms. The van der Waals surface area contributed by atoms with E-state index in [9.17, 15) is 9.18 Å². The Balaban J connectivity index is 1.62. The van der Waals surface area contributed by atoms with E-state index in [1.165, 1.54) is 12.1 Å².